The largest absolute Gasteiger partial charge is 0.508 e. The lowest BCUT2D eigenvalue weighted by Gasteiger charge is -2.05. The van der Waals surface area contributed by atoms with Crippen LogP contribution in [0.4, 0.5) is 0 Å². The zero-order chi connectivity index (χ0) is 11.1. The van der Waals surface area contributed by atoms with Crippen molar-refractivity contribution in [3.05, 3.63) is 29.3 Å². The predicted molar refractivity (Wildman–Crippen MR) is 61.9 cm³/mol. The van der Waals surface area contributed by atoms with E-state index in [2.05, 4.69) is 6.92 Å². The number of rotatable bonds is 6. The number of hydrogen-bond acceptors (Lipinski definition) is 2. The lowest BCUT2D eigenvalue weighted by atomic mass is 10.0. The molecule has 0 aliphatic carbocycles. The van der Waals surface area contributed by atoms with Crippen LogP contribution in [-0.2, 0) is 13.0 Å². The molecular formula is C13H20O2. The average molecular weight is 208 g/mol. The Morgan fingerprint density at radius 2 is 1.93 bits per heavy atom. The Bertz CT molecular complexity index is 295. The van der Waals surface area contributed by atoms with Crippen LogP contribution in [0.2, 0.25) is 0 Å². The Hall–Kier alpha value is -1.02. The van der Waals surface area contributed by atoms with Crippen molar-refractivity contribution >= 4 is 0 Å². The van der Waals surface area contributed by atoms with Gasteiger partial charge in [-0.1, -0.05) is 32.3 Å². The van der Waals surface area contributed by atoms with Gasteiger partial charge >= 0.3 is 0 Å². The normalized spacial score (nSPS) is 10.5. The number of aliphatic hydroxyl groups is 1. The molecule has 0 saturated carbocycles. The van der Waals surface area contributed by atoms with E-state index in [0.717, 1.165) is 6.42 Å². The van der Waals surface area contributed by atoms with Gasteiger partial charge in [0.15, 0.2) is 0 Å². The van der Waals surface area contributed by atoms with Crippen molar-refractivity contribution in [3.8, 4) is 5.75 Å². The van der Waals surface area contributed by atoms with Gasteiger partial charge in [0.1, 0.15) is 5.75 Å². The molecule has 2 nitrogen and oxygen atoms in total. The number of unbranched alkanes of at least 4 members (excludes halogenated alkanes) is 3. The summed E-state index contributed by atoms with van der Waals surface area (Å²) in [6, 6.07) is 5.49. The highest BCUT2D eigenvalue weighted by atomic mass is 16.3. The summed E-state index contributed by atoms with van der Waals surface area (Å²) in [5.74, 6) is 0.190. The van der Waals surface area contributed by atoms with Gasteiger partial charge in [-0.3, -0.25) is 0 Å². The maximum Gasteiger partial charge on any atom is 0.121 e. The van der Waals surface area contributed by atoms with Crippen LogP contribution in [0.1, 0.15) is 43.7 Å². The van der Waals surface area contributed by atoms with Gasteiger partial charge in [-0.2, -0.15) is 0 Å². The number of aryl methyl sites for hydroxylation is 1. The van der Waals surface area contributed by atoms with Gasteiger partial charge in [-0.25, -0.2) is 0 Å². The van der Waals surface area contributed by atoms with Crippen LogP contribution < -0.4 is 0 Å². The molecule has 0 saturated heterocycles. The highest BCUT2D eigenvalue weighted by Gasteiger charge is 2.01. The van der Waals surface area contributed by atoms with E-state index in [0.29, 0.717) is 5.56 Å². The topological polar surface area (TPSA) is 40.5 Å². The van der Waals surface area contributed by atoms with Crippen LogP contribution in [0.25, 0.3) is 0 Å². The molecule has 0 radical (unpaired) electrons. The molecule has 0 unspecified atom stereocenters. The number of aromatic hydroxyl groups is 1. The molecule has 0 atom stereocenters. The first-order chi connectivity index (χ1) is 7.27. The lowest BCUT2D eigenvalue weighted by molar-refractivity contribution is 0.275. The highest BCUT2D eigenvalue weighted by Crippen LogP contribution is 2.19. The van der Waals surface area contributed by atoms with E-state index >= 15 is 0 Å². The molecule has 0 aromatic heterocycles. The third-order valence-electron chi connectivity index (χ3n) is 2.63. The van der Waals surface area contributed by atoms with E-state index in [9.17, 15) is 5.11 Å². The molecule has 15 heavy (non-hydrogen) atoms. The van der Waals surface area contributed by atoms with Crippen LogP contribution in [0.15, 0.2) is 18.2 Å². The minimum atomic E-state index is -0.0887. The van der Waals surface area contributed by atoms with E-state index in [1.54, 1.807) is 6.07 Å². The van der Waals surface area contributed by atoms with Gasteiger partial charge in [0.05, 0.1) is 6.61 Å². The van der Waals surface area contributed by atoms with Crippen LogP contribution >= 0.6 is 0 Å². The lowest BCUT2D eigenvalue weighted by Crippen LogP contribution is -1.90. The molecule has 0 aliphatic rings. The molecule has 84 valence electrons. The Balaban J connectivity index is 2.47. The van der Waals surface area contributed by atoms with Crippen LogP contribution in [0.3, 0.4) is 0 Å². The van der Waals surface area contributed by atoms with Gasteiger partial charge in [-0.05, 0) is 30.5 Å². The van der Waals surface area contributed by atoms with Crippen LogP contribution in [0.5, 0.6) is 5.75 Å². The van der Waals surface area contributed by atoms with Crippen molar-refractivity contribution < 1.29 is 10.2 Å². The summed E-state index contributed by atoms with van der Waals surface area (Å²) < 4.78 is 0. The van der Waals surface area contributed by atoms with Crippen molar-refractivity contribution in [1.82, 2.24) is 0 Å². The van der Waals surface area contributed by atoms with Gasteiger partial charge in [-0.15, -0.1) is 0 Å². The molecular weight excluding hydrogens is 188 g/mol. The molecule has 0 fully saturated rings. The van der Waals surface area contributed by atoms with E-state index in [1.807, 2.05) is 12.1 Å². The maximum atomic E-state index is 9.38. The monoisotopic (exact) mass is 208 g/mol. The van der Waals surface area contributed by atoms with Crippen molar-refractivity contribution in [3.63, 3.8) is 0 Å². The molecule has 2 heteroatoms. The zero-order valence-electron chi connectivity index (χ0n) is 9.37. The quantitative estimate of drug-likeness (QED) is 0.705. The minimum Gasteiger partial charge on any atom is -0.508 e. The first-order valence-electron chi connectivity index (χ1n) is 5.69. The molecule has 0 bridgehead atoms. The van der Waals surface area contributed by atoms with Crippen molar-refractivity contribution in [2.24, 2.45) is 0 Å². The summed E-state index contributed by atoms with van der Waals surface area (Å²) in [5, 5.41) is 18.4. The number of benzene rings is 1. The molecule has 0 amide bonds. The summed E-state index contributed by atoms with van der Waals surface area (Å²) >= 11 is 0. The summed E-state index contributed by atoms with van der Waals surface area (Å²) in [7, 11) is 0. The molecule has 1 rings (SSSR count). The standard InChI is InChI=1S/C13H20O2/c1-2-3-4-5-6-11-7-8-13(15)12(9-11)10-14/h7-9,14-15H,2-6,10H2,1H3. The smallest absolute Gasteiger partial charge is 0.121 e. The first-order valence-corrected chi connectivity index (χ1v) is 5.69. The fourth-order valence-corrected chi connectivity index (χ4v) is 1.68. The zero-order valence-corrected chi connectivity index (χ0v) is 9.37. The van der Waals surface area contributed by atoms with E-state index in [1.165, 1.54) is 31.2 Å². The Morgan fingerprint density at radius 3 is 2.60 bits per heavy atom. The van der Waals surface area contributed by atoms with E-state index < -0.39 is 0 Å². The second-order valence-electron chi connectivity index (χ2n) is 3.93. The maximum absolute atomic E-state index is 9.38. The second-order valence-corrected chi connectivity index (χ2v) is 3.93. The number of hydrogen-bond donors (Lipinski definition) is 2. The first kappa shape index (κ1) is 12.1. The number of aliphatic hydroxyl groups excluding tert-OH is 1. The Kier molecular flexibility index (Phi) is 5.19. The fourth-order valence-electron chi connectivity index (χ4n) is 1.68. The highest BCUT2D eigenvalue weighted by molar-refractivity contribution is 5.35. The van der Waals surface area contributed by atoms with Crippen LogP contribution in [0, 0.1) is 0 Å². The molecule has 1 aromatic carbocycles. The molecule has 0 heterocycles. The summed E-state index contributed by atoms with van der Waals surface area (Å²) in [6.45, 7) is 2.11. The van der Waals surface area contributed by atoms with Crippen molar-refractivity contribution in [1.29, 1.82) is 0 Å². The Labute approximate surface area is 91.6 Å². The fraction of sp³-hybridized carbons (Fsp3) is 0.538. The molecule has 2 N–H and O–H groups in total. The van der Waals surface area contributed by atoms with Gasteiger partial charge in [0.2, 0.25) is 0 Å². The molecule has 0 aliphatic heterocycles. The van der Waals surface area contributed by atoms with Crippen molar-refractivity contribution in [2.75, 3.05) is 0 Å². The van der Waals surface area contributed by atoms with Gasteiger partial charge < -0.3 is 10.2 Å². The van der Waals surface area contributed by atoms with Gasteiger partial charge in [0.25, 0.3) is 0 Å². The summed E-state index contributed by atoms with van der Waals surface area (Å²) in [4.78, 5) is 0. The third kappa shape index (κ3) is 3.92. The average Bonchev–Trinajstić information content (AvgIpc) is 2.26. The van der Waals surface area contributed by atoms with E-state index in [4.69, 9.17) is 5.11 Å². The van der Waals surface area contributed by atoms with Crippen LogP contribution in [-0.4, -0.2) is 10.2 Å². The third-order valence-corrected chi connectivity index (χ3v) is 2.63. The predicted octanol–water partition coefficient (Wildman–Crippen LogP) is 3.01. The van der Waals surface area contributed by atoms with E-state index in [-0.39, 0.29) is 12.4 Å². The number of phenols is 1. The summed E-state index contributed by atoms with van der Waals surface area (Å²) in [5.41, 5.74) is 1.83. The summed E-state index contributed by atoms with van der Waals surface area (Å²) in [6.07, 6.45) is 6.00. The SMILES string of the molecule is CCCCCCc1ccc(O)c(CO)c1. The Morgan fingerprint density at radius 1 is 1.13 bits per heavy atom. The minimum absolute atomic E-state index is 0.0887. The second kappa shape index (κ2) is 6.46. The van der Waals surface area contributed by atoms with Gasteiger partial charge in [0, 0.05) is 5.56 Å². The van der Waals surface area contributed by atoms with Crippen molar-refractivity contribution in [2.45, 2.75) is 45.6 Å². The molecule has 1 aromatic rings. The molecule has 0 spiro atoms.